The van der Waals surface area contributed by atoms with Crippen molar-refractivity contribution >= 4 is 10.0 Å². The fourth-order valence-corrected chi connectivity index (χ4v) is 3.50. The zero-order valence-electron chi connectivity index (χ0n) is 13.4. The minimum Gasteiger partial charge on any atom is -0.313 e. The molecule has 1 fully saturated rings. The summed E-state index contributed by atoms with van der Waals surface area (Å²) in [5.41, 5.74) is 0. The highest BCUT2D eigenvalue weighted by Gasteiger charge is 2.22. The van der Waals surface area contributed by atoms with Gasteiger partial charge in [0.2, 0.25) is 10.0 Å². The van der Waals surface area contributed by atoms with E-state index in [9.17, 15) is 8.42 Å². The van der Waals surface area contributed by atoms with Crippen LogP contribution in [0.3, 0.4) is 0 Å². The van der Waals surface area contributed by atoms with Gasteiger partial charge in [-0.15, -0.1) is 0 Å². The van der Waals surface area contributed by atoms with E-state index in [4.69, 9.17) is 0 Å². The Bertz CT molecular complexity index is 365. The van der Waals surface area contributed by atoms with Gasteiger partial charge in [-0.25, -0.2) is 13.1 Å². The fraction of sp³-hybridized carbons (Fsp3) is 1.00. The van der Waals surface area contributed by atoms with E-state index in [2.05, 4.69) is 21.9 Å². The van der Waals surface area contributed by atoms with Gasteiger partial charge in [0.1, 0.15) is 0 Å². The van der Waals surface area contributed by atoms with E-state index in [1.165, 1.54) is 12.8 Å². The van der Waals surface area contributed by atoms with Crippen LogP contribution in [0.2, 0.25) is 0 Å². The van der Waals surface area contributed by atoms with E-state index in [0.29, 0.717) is 25.0 Å². The highest BCUT2D eigenvalue weighted by atomic mass is 32.2. The summed E-state index contributed by atoms with van der Waals surface area (Å²) in [5, 5.41) is 2.77. The van der Waals surface area contributed by atoms with Crippen LogP contribution in [0.5, 0.6) is 0 Å². The minimum atomic E-state index is -3.22. The van der Waals surface area contributed by atoms with E-state index >= 15 is 0 Å². The van der Waals surface area contributed by atoms with Crippen molar-refractivity contribution in [1.29, 1.82) is 0 Å². The molecule has 2 unspecified atom stereocenters. The van der Waals surface area contributed by atoms with E-state index < -0.39 is 15.3 Å². The number of nitrogens with one attached hydrogen (secondary N) is 2. The smallest absolute Gasteiger partial charge is 0.215 e. The van der Waals surface area contributed by atoms with Crippen molar-refractivity contribution in [2.45, 2.75) is 51.8 Å². The van der Waals surface area contributed by atoms with Crippen LogP contribution >= 0.6 is 0 Å². The van der Waals surface area contributed by atoms with Gasteiger partial charge in [-0.2, -0.15) is 0 Å². The van der Waals surface area contributed by atoms with Gasteiger partial charge in [0.15, 0.2) is 0 Å². The second-order valence-corrected chi connectivity index (χ2v) is 8.56. The molecule has 1 aliphatic rings. The molecule has 0 aromatic heterocycles. The number of rotatable bonds is 9. The molecular weight excluding hydrogens is 274 g/mol. The van der Waals surface area contributed by atoms with Gasteiger partial charge in [-0.1, -0.05) is 20.8 Å². The van der Waals surface area contributed by atoms with Crippen LogP contribution < -0.4 is 10.0 Å². The Labute approximate surface area is 124 Å². The third-order valence-electron chi connectivity index (χ3n) is 3.74. The molecule has 120 valence electrons. The van der Waals surface area contributed by atoms with E-state index in [0.717, 1.165) is 19.6 Å². The molecule has 1 aliphatic heterocycles. The highest BCUT2D eigenvalue weighted by Crippen LogP contribution is 2.10. The monoisotopic (exact) mass is 305 g/mol. The summed E-state index contributed by atoms with van der Waals surface area (Å²) < 4.78 is 27.0. The van der Waals surface area contributed by atoms with Gasteiger partial charge in [0.05, 0.1) is 5.25 Å². The third kappa shape index (κ3) is 6.52. The average molecular weight is 305 g/mol. The quantitative estimate of drug-likeness (QED) is 0.668. The SMILES string of the molecule is CC(CNS(=O)(=O)C(C)CNC(C)C)CN1CCCC1. The summed E-state index contributed by atoms with van der Waals surface area (Å²) in [6.45, 7) is 12.2. The molecule has 2 atom stereocenters. The predicted octanol–water partition coefficient (Wildman–Crippen LogP) is 1.02. The highest BCUT2D eigenvalue weighted by molar-refractivity contribution is 7.90. The molecule has 5 nitrogen and oxygen atoms in total. The first-order valence-corrected chi connectivity index (χ1v) is 9.30. The molecule has 0 amide bonds. The molecule has 1 heterocycles. The number of likely N-dealkylation sites (tertiary alicyclic amines) is 1. The standard InChI is InChI=1S/C14H31N3O2S/c1-12(2)15-10-14(4)20(18,19)16-9-13(3)11-17-7-5-6-8-17/h12-16H,5-11H2,1-4H3. The fourth-order valence-electron chi connectivity index (χ4n) is 2.38. The van der Waals surface area contributed by atoms with Crippen LogP contribution in [-0.4, -0.2) is 57.3 Å². The van der Waals surface area contributed by atoms with Crippen molar-refractivity contribution < 1.29 is 8.42 Å². The van der Waals surface area contributed by atoms with E-state index in [-0.39, 0.29) is 0 Å². The van der Waals surface area contributed by atoms with Crippen LogP contribution in [0.4, 0.5) is 0 Å². The van der Waals surface area contributed by atoms with Crippen molar-refractivity contribution in [2.75, 3.05) is 32.7 Å². The Morgan fingerprint density at radius 1 is 1.05 bits per heavy atom. The average Bonchev–Trinajstić information content (AvgIpc) is 2.86. The molecule has 0 saturated carbocycles. The molecule has 0 radical (unpaired) electrons. The zero-order valence-corrected chi connectivity index (χ0v) is 14.2. The summed E-state index contributed by atoms with van der Waals surface area (Å²) in [6, 6.07) is 0.307. The molecule has 0 aromatic rings. The zero-order chi connectivity index (χ0) is 15.2. The van der Waals surface area contributed by atoms with Crippen LogP contribution in [0.15, 0.2) is 0 Å². The predicted molar refractivity (Wildman–Crippen MR) is 84.4 cm³/mol. The molecule has 20 heavy (non-hydrogen) atoms. The second-order valence-electron chi connectivity index (χ2n) is 6.38. The first-order chi connectivity index (χ1) is 9.31. The van der Waals surface area contributed by atoms with Crippen LogP contribution in [0.1, 0.15) is 40.5 Å². The summed E-state index contributed by atoms with van der Waals surface area (Å²) in [5.74, 6) is 0.355. The number of hydrogen-bond acceptors (Lipinski definition) is 4. The summed E-state index contributed by atoms with van der Waals surface area (Å²) in [7, 11) is -3.22. The Balaban J connectivity index is 2.30. The lowest BCUT2D eigenvalue weighted by molar-refractivity contribution is 0.288. The lowest BCUT2D eigenvalue weighted by Crippen LogP contribution is -2.43. The molecule has 0 aromatic carbocycles. The molecular formula is C14H31N3O2S. The van der Waals surface area contributed by atoms with Gasteiger partial charge in [-0.05, 0) is 38.8 Å². The molecule has 1 rings (SSSR count). The summed E-state index contributed by atoms with van der Waals surface area (Å²) in [6.07, 6.45) is 2.55. The Hall–Kier alpha value is -0.170. The van der Waals surface area contributed by atoms with Gasteiger partial charge < -0.3 is 10.2 Å². The van der Waals surface area contributed by atoms with E-state index in [1.807, 2.05) is 13.8 Å². The maximum atomic E-state index is 12.1. The Morgan fingerprint density at radius 2 is 1.65 bits per heavy atom. The van der Waals surface area contributed by atoms with Gasteiger partial charge in [0.25, 0.3) is 0 Å². The van der Waals surface area contributed by atoms with Crippen molar-refractivity contribution in [2.24, 2.45) is 5.92 Å². The Morgan fingerprint density at radius 3 is 2.20 bits per heavy atom. The van der Waals surface area contributed by atoms with Crippen LogP contribution in [0.25, 0.3) is 0 Å². The van der Waals surface area contributed by atoms with Crippen molar-refractivity contribution in [1.82, 2.24) is 14.9 Å². The van der Waals surface area contributed by atoms with Crippen molar-refractivity contribution in [3.05, 3.63) is 0 Å². The van der Waals surface area contributed by atoms with Gasteiger partial charge in [-0.3, -0.25) is 0 Å². The van der Waals surface area contributed by atoms with Crippen molar-refractivity contribution in [3.63, 3.8) is 0 Å². The molecule has 6 heteroatoms. The lowest BCUT2D eigenvalue weighted by atomic mass is 10.2. The Kier molecular flexibility index (Phi) is 7.43. The van der Waals surface area contributed by atoms with Gasteiger partial charge in [0, 0.05) is 25.7 Å². The second kappa shape index (κ2) is 8.32. The van der Waals surface area contributed by atoms with E-state index in [1.54, 1.807) is 6.92 Å². The third-order valence-corrected chi connectivity index (χ3v) is 5.54. The molecule has 0 spiro atoms. The first-order valence-electron chi connectivity index (χ1n) is 7.75. The molecule has 0 bridgehead atoms. The van der Waals surface area contributed by atoms with Crippen molar-refractivity contribution in [3.8, 4) is 0 Å². The topological polar surface area (TPSA) is 61.4 Å². The summed E-state index contributed by atoms with van der Waals surface area (Å²) in [4.78, 5) is 2.42. The number of hydrogen-bond donors (Lipinski definition) is 2. The normalized spacial score (nSPS) is 20.4. The molecule has 0 aliphatic carbocycles. The largest absolute Gasteiger partial charge is 0.313 e. The van der Waals surface area contributed by atoms with Crippen LogP contribution in [0, 0.1) is 5.92 Å². The number of sulfonamides is 1. The van der Waals surface area contributed by atoms with Crippen LogP contribution in [-0.2, 0) is 10.0 Å². The van der Waals surface area contributed by atoms with Gasteiger partial charge >= 0.3 is 0 Å². The number of nitrogens with zero attached hydrogens (tertiary/aromatic N) is 1. The maximum Gasteiger partial charge on any atom is 0.215 e. The molecule has 2 N–H and O–H groups in total. The molecule has 1 saturated heterocycles. The lowest BCUT2D eigenvalue weighted by Gasteiger charge is -2.22. The first kappa shape index (κ1) is 17.9. The maximum absolute atomic E-state index is 12.1. The summed E-state index contributed by atoms with van der Waals surface area (Å²) >= 11 is 0. The minimum absolute atomic E-state index is 0.307.